The lowest BCUT2D eigenvalue weighted by atomic mass is 10.1. The van der Waals surface area contributed by atoms with E-state index in [-0.39, 0.29) is 18.5 Å². The van der Waals surface area contributed by atoms with E-state index < -0.39 is 28.5 Å². The van der Waals surface area contributed by atoms with Gasteiger partial charge >= 0.3 is 0 Å². The highest BCUT2D eigenvalue weighted by atomic mass is 79.9. The summed E-state index contributed by atoms with van der Waals surface area (Å²) in [4.78, 5) is 27.7. The number of nitrogens with zero attached hydrogens (tertiary/aromatic N) is 2. The maximum absolute atomic E-state index is 13.5. The van der Waals surface area contributed by atoms with Gasteiger partial charge in [-0.2, -0.15) is 0 Å². The minimum Gasteiger partial charge on any atom is -0.352 e. The Morgan fingerprint density at radius 3 is 2.03 bits per heavy atom. The largest absolute Gasteiger partial charge is 0.352 e. The zero-order valence-electron chi connectivity index (χ0n) is 19.9. The summed E-state index contributed by atoms with van der Waals surface area (Å²) in [5, 5.41) is 2.83. The van der Waals surface area contributed by atoms with Gasteiger partial charge in [-0.15, -0.1) is 0 Å². The number of benzene rings is 2. The molecule has 0 saturated heterocycles. The number of aryl methyl sites for hydroxylation is 2. The number of halogens is 1. The van der Waals surface area contributed by atoms with Gasteiger partial charge in [-0.1, -0.05) is 46.3 Å². The Labute approximate surface area is 205 Å². The van der Waals surface area contributed by atoms with Crippen LogP contribution in [0.5, 0.6) is 0 Å². The number of hydrogen-bond acceptors (Lipinski definition) is 4. The van der Waals surface area contributed by atoms with E-state index in [1.54, 1.807) is 6.92 Å². The van der Waals surface area contributed by atoms with Crippen LogP contribution in [0.15, 0.2) is 46.9 Å². The molecule has 0 aliphatic carbocycles. The number of anilines is 1. The van der Waals surface area contributed by atoms with Crippen molar-refractivity contribution in [3.63, 3.8) is 0 Å². The molecule has 0 unspecified atom stereocenters. The standard InChI is InChI=1S/C24H32BrN3O4S/c1-16(2)26-24(30)19(5)27(14-20-10-12-21(25)13-11-20)22(29)15-28(33(6,31)32)23-17(3)8-7-9-18(23)4/h7-13,16,19H,14-15H2,1-6H3,(H,26,30)/t19-/m0/s1. The quantitative estimate of drug-likeness (QED) is 0.527. The molecule has 0 bridgehead atoms. The van der Waals surface area contributed by atoms with Crippen LogP contribution < -0.4 is 9.62 Å². The summed E-state index contributed by atoms with van der Waals surface area (Å²) in [6.07, 6.45) is 1.08. The first-order valence-corrected chi connectivity index (χ1v) is 13.3. The van der Waals surface area contributed by atoms with Crippen LogP contribution in [-0.4, -0.2) is 50.0 Å². The average Bonchev–Trinajstić information content (AvgIpc) is 2.70. The van der Waals surface area contributed by atoms with Gasteiger partial charge in [0.05, 0.1) is 11.9 Å². The fourth-order valence-corrected chi connectivity index (χ4v) is 4.78. The molecule has 0 radical (unpaired) electrons. The smallest absolute Gasteiger partial charge is 0.244 e. The molecule has 2 aromatic carbocycles. The van der Waals surface area contributed by atoms with E-state index in [2.05, 4.69) is 21.2 Å². The monoisotopic (exact) mass is 537 g/mol. The van der Waals surface area contributed by atoms with Gasteiger partial charge in [0.25, 0.3) is 0 Å². The van der Waals surface area contributed by atoms with Crippen molar-refractivity contribution in [2.75, 3.05) is 17.1 Å². The van der Waals surface area contributed by atoms with Crippen LogP contribution in [-0.2, 0) is 26.2 Å². The minimum absolute atomic E-state index is 0.0910. The highest BCUT2D eigenvalue weighted by molar-refractivity contribution is 9.10. The highest BCUT2D eigenvalue weighted by Gasteiger charge is 2.31. The third-order valence-corrected chi connectivity index (χ3v) is 6.87. The molecule has 0 fully saturated rings. The molecule has 7 nitrogen and oxygen atoms in total. The summed E-state index contributed by atoms with van der Waals surface area (Å²) in [5.74, 6) is -0.758. The molecule has 0 saturated carbocycles. The van der Waals surface area contributed by atoms with Crippen molar-refractivity contribution in [2.45, 2.75) is 53.2 Å². The predicted molar refractivity (Wildman–Crippen MR) is 136 cm³/mol. The summed E-state index contributed by atoms with van der Waals surface area (Å²) in [6, 6.07) is 12.0. The first-order chi connectivity index (χ1) is 15.3. The Morgan fingerprint density at radius 2 is 1.55 bits per heavy atom. The van der Waals surface area contributed by atoms with Crippen LogP contribution in [0.3, 0.4) is 0 Å². The fraction of sp³-hybridized carbons (Fsp3) is 0.417. The van der Waals surface area contributed by atoms with Crippen molar-refractivity contribution < 1.29 is 18.0 Å². The van der Waals surface area contributed by atoms with Gasteiger partial charge in [0.15, 0.2) is 0 Å². The van der Waals surface area contributed by atoms with Crippen LogP contribution >= 0.6 is 15.9 Å². The van der Waals surface area contributed by atoms with Crippen molar-refractivity contribution in [3.8, 4) is 0 Å². The predicted octanol–water partition coefficient (Wildman–Crippen LogP) is 3.77. The zero-order chi connectivity index (χ0) is 24.9. The lowest BCUT2D eigenvalue weighted by molar-refractivity contribution is -0.139. The Kier molecular flexibility index (Phi) is 9.08. The molecular weight excluding hydrogens is 506 g/mol. The molecule has 0 aliphatic heterocycles. The van der Waals surface area contributed by atoms with E-state index in [1.807, 2.05) is 70.2 Å². The molecule has 0 aliphatic rings. The van der Waals surface area contributed by atoms with Crippen molar-refractivity contribution in [1.82, 2.24) is 10.2 Å². The lowest BCUT2D eigenvalue weighted by Crippen LogP contribution is -2.52. The SMILES string of the molecule is Cc1cccc(C)c1N(CC(=O)N(Cc1ccc(Br)cc1)[C@@H](C)C(=O)NC(C)C)S(C)(=O)=O. The second-order valence-electron chi connectivity index (χ2n) is 8.50. The van der Waals surface area contributed by atoms with E-state index >= 15 is 0 Å². The number of para-hydroxylation sites is 1. The van der Waals surface area contributed by atoms with Crippen LogP contribution in [0.25, 0.3) is 0 Å². The lowest BCUT2D eigenvalue weighted by Gasteiger charge is -2.32. The molecule has 0 aromatic heterocycles. The van der Waals surface area contributed by atoms with Gasteiger partial charge in [0, 0.05) is 17.1 Å². The van der Waals surface area contributed by atoms with Gasteiger partial charge in [-0.25, -0.2) is 8.42 Å². The molecule has 1 atom stereocenters. The van der Waals surface area contributed by atoms with Gasteiger partial charge < -0.3 is 10.2 Å². The Bertz CT molecular complexity index is 1080. The van der Waals surface area contributed by atoms with Crippen LogP contribution in [0, 0.1) is 13.8 Å². The molecule has 33 heavy (non-hydrogen) atoms. The van der Waals surface area contributed by atoms with E-state index in [0.717, 1.165) is 31.7 Å². The highest BCUT2D eigenvalue weighted by Crippen LogP contribution is 2.27. The summed E-state index contributed by atoms with van der Waals surface area (Å²) in [5.41, 5.74) is 2.81. The number of amides is 2. The van der Waals surface area contributed by atoms with Crippen molar-refractivity contribution in [3.05, 3.63) is 63.6 Å². The Balaban J connectivity index is 2.44. The van der Waals surface area contributed by atoms with Crippen LogP contribution in [0.1, 0.15) is 37.5 Å². The summed E-state index contributed by atoms with van der Waals surface area (Å²) in [6.45, 7) is 8.73. The topological polar surface area (TPSA) is 86.8 Å². The van der Waals surface area contributed by atoms with Crippen LogP contribution in [0.4, 0.5) is 5.69 Å². The molecule has 2 amide bonds. The molecule has 2 rings (SSSR count). The summed E-state index contributed by atoms with van der Waals surface area (Å²) in [7, 11) is -3.76. The molecule has 180 valence electrons. The van der Waals surface area contributed by atoms with Crippen molar-refractivity contribution in [1.29, 1.82) is 0 Å². The van der Waals surface area contributed by atoms with Crippen LogP contribution in [0.2, 0.25) is 0 Å². The molecule has 1 N–H and O–H groups in total. The number of rotatable bonds is 9. The van der Waals surface area contributed by atoms with Gasteiger partial charge in [-0.3, -0.25) is 13.9 Å². The number of carbonyl (C=O) groups excluding carboxylic acids is 2. The molecule has 0 heterocycles. The first kappa shape index (κ1) is 26.9. The third-order valence-electron chi connectivity index (χ3n) is 5.23. The Hall–Kier alpha value is -2.39. The maximum Gasteiger partial charge on any atom is 0.244 e. The second-order valence-corrected chi connectivity index (χ2v) is 11.3. The van der Waals surface area contributed by atoms with Gasteiger partial charge in [0.2, 0.25) is 21.8 Å². The molecule has 2 aromatic rings. The minimum atomic E-state index is -3.76. The number of sulfonamides is 1. The fourth-order valence-electron chi connectivity index (χ4n) is 3.55. The maximum atomic E-state index is 13.5. The first-order valence-electron chi connectivity index (χ1n) is 10.7. The number of carbonyl (C=O) groups is 2. The number of hydrogen-bond donors (Lipinski definition) is 1. The average molecular weight is 539 g/mol. The number of nitrogens with one attached hydrogen (secondary N) is 1. The summed E-state index contributed by atoms with van der Waals surface area (Å²) < 4.78 is 27.4. The van der Waals surface area contributed by atoms with E-state index in [1.165, 1.54) is 4.90 Å². The summed E-state index contributed by atoms with van der Waals surface area (Å²) >= 11 is 3.40. The molecule has 0 spiro atoms. The van der Waals surface area contributed by atoms with E-state index in [9.17, 15) is 18.0 Å². The zero-order valence-corrected chi connectivity index (χ0v) is 22.3. The van der Waals surface area contributed by atoms with Gasteiger partial charge in [-0.05, 0) is 63.4 Å². The second kappa shape index (κ2) is 11.2. The normalized spacial score (nSPS) is 12.4. The van der Waals surface area contributed by atoms with Crippen molar-refractivity contribution in [2.24, 2.45) is 0 Å². The van der Waals surface area contributed by atoms with Crippen molar-refractivity contribution >= 4 is 43.5 Å². The van der Waals surface area contributed by atoms with Gasteiger partial charge in [0.1, 0.15) is 12.6 Å². The van der Waals surface area contributed by atoms with E-state index in [0.29, 0.717) is 5.69 Å². The molecule has 9 heteroatoms. The third kappa shape index (κ3) is 7.30. The molecular formula is C24H32BrN3O4S. The Morgan fingerprint density at radius 1 is 1.00 bits per heavy atom. The van der Waals surface area contributed by atoms with E-state index in [4.69, 9.17) is 0 Å².